The molecule has 1 heterocycles. The van der Waals surface area contributed by atoms with E-state index in [2.05, 4.69) is 15.9 Å². The van der Waals surface area contributed by atoms with E-state index in [4.69, 9.17) is 4.74 Å². The molecule has 0 aromatic heterocycles. The maximum absolute atomic E-state index is 9.36. The lowest BCUT2D eigenvalue weighted by Crippen LogP contribution is -1.86. The molecule has 0 radical (unpaired) electrons. The van der Waals surface area contributed by atoms with Crippen LogP contribution in [0.3, 0.4) is 0 Å². The number of halogens is 1. The van der Waals surface area contributed by atoms with Gasteiger partial charge in [0, 0.05) is 16.5 Å². The summed E-state index contributed by atoms with van der Waals surface area (Å²) in [4.78, 5) is 0. The van der Waals surface area contributed by atoms with Gasteiger partial charge in [0.15, 0.2) is 11.5 Å². The summed E-state index contributed by atoms with van der Waals surface area (Å²) in [5.41, 5.74) is 1.08. The Kier molecular flexibility index (Phi) is 1.53. The molecule has 0 saturated heterocycles. The van der Waals surface area contributed by atoms with Crippen LogP contribution in [-0.4, -0.2) is 11.7 Å². The summed E-state index contributed by atoms with van der Waals surface area (Å²) < 4.78 is 6.12. The van der Waals surface area contributed by atoms with Gasteiger partial charge >= 0.3 is 0 Å². The molecule has 1 aliphatic heterocycles. The summed E-state index contributed by atoms with van der Waals surface area (Å²) in [5, 5.41) is 9.36. The van der Waals surface area contributed by atoms with Crippen LogP contribution in [0.25, 0.3) is 0 Å². The quantitative estimate of drug-likeness (QED) is 0.717. The smallest absolute Gasteiger partial charge is 0.164 e. The van der Waals surface area contributed by atoms with E-state index in [1.54, 1.807) is 6.07 Å². The van der Waals surface area contributed by atoms with Crippen molar-refractivity contribution in [1.82, 2.24) is 0 Å². The summed E-state index contributed by atoms with van der Waals surface area (Å²) in [6.07, 6.45) is 0.891. The van der Waals surface area contributed by atoms with Crippen molar-refractivity contribution in [3.8, 4) is 11.5 Å². The minimum Gasteiger partial charge on any atom is -0.504 e. The van der Waals surface area contributed by atoms with E-state index in [0.717, 1.165) is 16.5 Å². The van der Waals surface area contributed by atoms with Gasteiger partial charge in [0.05, 0.1) is 6.61 Å². The molecule has 0 amide bonds. The van der Waals surface area contributed by atoms with Gasteiger partial charge in [-0.1, -0.05) is 15.9 Å². The van der Waals surface area contributed by atoms with Gasteiger partial charge < -0.3 is 9.84 Å². The standard InChI is InChI=1S/C8H7BrO2/c9-6-3-5-1-2-11-8(5)7(10)4-6/h3-4,10H,1-2H2. The molecule has 11 heavy (non-hydrogen) atoms. The van der Waals surface area contributed by atoms with E-state index in [1.165, 1.54) is 0 Å². The van der Waals surface area contributed by atoms with Crippen LogP contribution in [0, 0.1) is 0 Å². The Balaban J connectivity index is 2.60. The number of phenols is 1. The second kappa shape index (κ2) is 2.41. The average Bonchev–Trinajstić information content (AvgIpc) is 2.34. The maximum atomic E-state index is 9.36. The SMILES string of the molecule is Oc1cc(Br)cc2c1OCC2. The molecule has 1 aromatic carbocycles. The lowest BCUT2D eigenvalue weighted by Gasteiger charge is -2.01. The van der Waals surface area contributed by atoms with Crippen molar-refractivity contribution in [2.75, 3.05) is 6.61 Å². The Bertz CT molecular complexity index is 296. The predicted octanol–water partition coefficient (Wildman–Crippen LogP) is 2.09. The molecular weight excluding hydrogens is 208 g/mol. The zero-order chi connectivity index (χ0) is 7.84. The predicted molar refractivity (Wildman–Crippen MR) is 45.0 cm³/mol. The van der Waals surface area contributed by atoms with E-state index < -0.39 is 0 Å². The summed E-state index contributed by atoms with van der Waals surface area (Å²) in [6.45, 7) is 0.680. The van der Waals surface area contributed by atoms with Crippen molar-refractivity contribution in [3.05, 3.63) is 22.2 Å². The molecule has 2 rings (SSSR count). The topological polar surface area (TPSA) is 29.5 Å². The van der Waals surface area contributed by atoms with Crippen molar-refractivity contribution in [2.45, 2.75) is 6.42 Å². The third-order valence-electron chi connectivity index (χ3n) is 1.73. The summed E-state index contributed by atoms with van der Waals surface area (Å²) in [5.74, 6) is 0.875. The van der Waals surface area contributed by atoms with Gasteiger partial charge in [-0.05, 0) is 12.1 Å². The number of benzene rings is 1. The molecule has 3 heteroatoms. The molecule has 0 unspecified atom stereocenters. The Morgan fingerprint density at radius 2 is 2.27 bits per heavy atom. The van der Waals surface area contributed by atoms with Crippen LogP contribution in [0.15, 0.2) is 16.6 Å². The van der Waals surface area contributed by atoms with Gasteiger partial charge in [0.25, 0.3) is 0 Å². The third kappa shape index (κ3) is 1.09. The highest BCUT2D eigenvalue weighted by Gasteiger charge is 2.16. The molecule has 0 fully saturated rings. The van der Waals surface area contributed by atoms with E-state index in [1.807, 2.05) is 6.07 Å². The van der Waals surface area contributed by atoms with E-state index >= 15 is 0 Å². The molecule has 1 aromatic rings. The fourth-order valence-electron chi connectivity index (χ4n) is 1.25. The minimum absolute atomic E-state index is 0.229. The first-order valence-corrected chi connectivity index (χ1v) is 4.21. The average molecular weight is 215 g/mol. The molecule has 58 valence electrons. The van der Waals surface area contributed by atoms with E-state index in [0.29, 0.717) is 12.4 Å². The van der Waals surface area contributed by atoms with Gasteiger partial charge in [0.2, 0.25) is 0 Å². The van der Waals surface area contributed by atoms with Crippen LogP contribution in [0.4, 0.5) is 0 Å². The van der Waals surface area contributed by atoms with Crippen LogP contribution in [0.2, 0.25) is 0 Å². The highest BCUT2D eigenvalue weighted by Crippen LogP contribution is 2.37. The number of hydrogen-bond donors (Lipinski definition) is 1. The number of rotatable bonds is 0. The zero-order valence-electron chi connectivity index (χ0n) is 5.80. The fraction of sp³-hybridized carbons (Fsp3) is 0.250. The van der Waals surface area contributed by atoms with Crippen LogP contribution in [0.5, 0.6) is 11.5 Å². The zero-order valence-corrected chi connectivity index (χ0v) is 7.39. The van der Waals surface area contributed by atoms with Crippen LogP contribution < -0.4 is 4.74 Å². The Hall–Kier alpha value is -0.700. The minimum atomic E-state index is 0.229. The molecule has 0 aliphatic carbocycles. The van der Waals surface area contributed by atoms with Crippen LogP contribution in [-0.2, 0) is 6.42 Å². The molecule has 1 aliphatic rings. The number of fused-ring (bicyclic) bond motifs is 1. The fourth-order valence-corrected chi connectivity index (χ4v) is 1.74. The number of ether oxygens (including phenoxy) is 1. The Morgan fingerprint density at radius 1 is 1.45 bits per heavy atom. The van der Waals surface area contributed by atoms with Gasteiger partial charge in [-0.15, -0.1) is 0 Å². The summed E-state index contributed by atoms with van der Waals surface area (Å²) in [7, 11) is 0. The van der Waals surface area contributed by atoms with Crippen molar-refractivity contribution in [2.24, 2.45) is 0 Å². The molecular formula is C8H7BrO2. The number of aromatic hydroxyl groups is 1. The molecule has 2 nitrogen and oxygen atoms in total. The van der Waals surface area contributed by atoms with Gasteiger partial charge in [-0.2, -0.15) is 0 Å². The summed E-state index contributed by atoms with van der Waals surface area (Å²) >= 11 is 3.30. The molecule has 0 atom stereocenters. The van der Waals surface area contributed by atoms with Crippen molar-refractivity contribution in [1.29, 1.82) is 0 Å². The van der Waals surface area contributed by atoms with Crippen molar-refractivity contribution in [3.63, 3.8) is 0 Å². The number of phenolic OH excluding ortho intramolecular Hbond substituents is 1. The third-order valence-corrected chi connectivity index (χ3v) is 2.19. The lowest BCUT2D eigenvalue weighted by molar-refractivity contribution is 0.334. The highest BCUT2D eigenvalue weighted by atomic mass is 79.9. The molecule has 0 spiro atoms. The Labute approximate surface area is 72.9 Å². The van der Waals surface area contributed by atoms with Gasteiger partial charge in [-0.25, -0.2) is 0 Å². The van der Waals surface area contributed by atoms with Gasteiger partial charge in [-0.3, -0.25) is 0 Å². The number of hydrogen-bond acceptors (Lipinski definition) is 2. The van der Waals surface area contributed by atoms with Crippen molar-refractivity contribution >= 4 is 15.9 Å². The summed E-state index contributed by atoms with van der Waals surface area (Å²) in [6, 6.07) is 3.62. The lowest BCUT2D eigenvalue weighted by atomic mass is 10.2. The van der Waals surface area contributed by atoms with Crippen LogP contribution >= 0.6 is 15.9 Å². The van der Waals surface area contributed by atoms with Crippen molar-refractivity contribution < 1.29 is 9.84 Å². The molecule has 0 saturated carbocycles. The van der Waals surface area contributed by atoms with Gasteiger partial charge in [0.1, 0.15) is 0 Å². The first kappa shape index (κ1) is 6.98. The second-order valence-electron chi connectivity index (χ2n) is 2.51. The van der Waals surface area contributed by atoms with E-state index in [-0.39, 0.29) is 5.75 Å². The first-order valence-electron chi connectivity index (χ1n) is 3.41. The first-order chi connectivity index (χ1) is 5.27. The second-order valence-corrected chi connectivity index (χ2v) is 3.43. The molecule has 0 bridgehead atoms. The Morgan fingerprint density at radius 3 is 3.09 bits per heavy atom. The van der Waals surface area contributed by atoms with Crippen LogP contribution in [0.1, 0.15) is 5.56 Å². The normalized spacial score (nSPS) is 14.3. The maximum Gasteiger partial charge on any atom is 0.164 e. The monoisotopic (exact) mass is 214 g/mol. The molecule has 1 N–H and O–H groups in total. The van der Waals surface area contributed by atoms with E-state index in [9.17, 15) is 5.11 Å². The highest BCUT2D eigenvalue weighted by molar-refractivity contribution is 9.10. The largest absolute Gasteiger partial charge is 0.504 e.